The van der Waals surface area contributed by atoms with Gasteiger partial charge >= 0.3 is 12.1 Å². The molecule has 3 N–H and O–H groups in total. The smallest absolute Gasteiger partial charge is 0.379 e. The number of nitrogens with zero attached hydrogens (tertiary/aromatic N) is 2. The largest absolute Gasteiger partial charge is 0.471 e. The molecular formula is C28H44F3N5O5. The van der Waals surface area contributed by atoms with E-state index in [0.29, 0.717) is 13.0 Å². The van der Waals surface area contributed by atoms with Crippen molar-refractivity contribution in [2.75, 3.05) is 20.2 Å². The first-order valence-electron chi connectivity index (χ1n) is 13.8. The Labute approximate surface area is 240 Å². The Balaban J connectivity index is 0.000000883. The molecule has 0 spiro atoms. The number of hydrogen-bond donors (Lipinski definition) is 3. The second-order valence-corrected chi connectivity index (χ2v) is 13.7. The highest BCUT2D eigenvalue weighted by molar-refractivity contribution is 5.95. The number of ether oxygens (including phenoxy) is 1. The van der Waals surface area contributed by atoms with Gasteiger partial charge in [-0.2, -0.15) is 18.4 Å². The monoisotopic (exact) mass is 587 g/mol. The van der Waals surface area contributed by atoms with Crippen LogP contribution in [0.25, 0.3) is 0 Å². The molecule has 0 aromatic rings. The predicted octanol–water partition coefficient (Wildman–Crippen LogP) is 2.53. The van der Waals surface area contributed by atoms with Gasteiger partial charge in [0.05, 0.1) is 11.7 Å². The minimum Gasteiger partial charge on any atom is -0.379 e. The van der Waals surface area contributed by atoms with Gasteiger partial charge in [0.1, 0.15) is 18.1 Å². The third kappa shape index (κ3) is 8.33. The zero-order chi connectivity index (χ0) is 31.7. The summed E-state index contributed by atoms with van der Waals surface area (Å²) in [5.41, 5.74) is -1.29. The standard InChI is InChI=1S/C23H32F3N5O4.C5H12O/c1-21(2,3)16(30-20(35)23(24,25)26)19(34)31-10-13-14(22(13,4)5)15(31)18(33)29-12(9-27)8-11-6-7-28-17(11)32;1-5(2,3)6-4/h11-16H,6-8,10H2,1-5H3,(H,28,32)(H,29,33)(H,30,35);1-4H3/t11-,12?,13?,14?,15-,16+;/m0./s1. The maximum atomic E-state index is 13.5. The van der Waals surface area contributed by atoms with Gasteiger partial charge in [-0.15, -0.1) is 0 Å². The van der Waals surface area contributed by atoms with E-state index in [1.807, 2.05) is 40.7 Å². The topological polar surface area (TPSA) is 141 Å². The lowest BCUT2D eigenvalue weighted by Crippen LogP contribution is -2.61. The van der Waals surface area contributed by atoms with Gasteiger partial charge in [0.25, 0.3) is 0 Å². The van der Waals surface area contributed by atoms with Crippen LogP contribution in [0.5, 0.6) is 0 Å². The number of amides is 4. The van der Waals surface area contributed by atoms with Crippen LogP contribution in [0, 0.1) is 39.9 Å². The lowest BCUT2D eigenvalue weighted by molar-refractivity contribution is -0.176. The van der Waals surface area contributed by atoms with E-state index < -0.39 is 53.4 Å². The fraction of sp³-hybridized carbons (Fsp3) is 0.821. The summed E-state index contributed by atoms with van der Waals surface area (Å²) < 4.78 is 43.7. The van der Waals surface area contributed by atoms with E-state index in [4.69, 9.17) is 4.74 Å². The molecule has 13 heteroatoms. The Bertz CT molecular complexity index is 1060. The molecule has 4 amide bonds. The van der Waals surface area contributed by atoms with Gasteiger partial charge < -0.3 is 25.6 Å². The van der Waals surface area contributed by atoms with Crippen LogP contribution in [0.4, 0.5) is 13.2 Å². The van der Waals surface area contributed by atoms with Crippen LogP contribution >= 0.6 is 0 Å². The average Bonchev–Trinajstić information content (AvgIpc) is 3.18. The fourth-order valence-electron chi connectivity index (χ4n) is 5.40. The number of nitriles is 1. The van der Waals surface area contributed by atoms with E-state index in [-0.39, 0.29) is 41.7 Å². The number of alkyl halides is 3. The predicted molar refractivity (Wildman–Crippen MR) is 144 cm³/mol. The summed E-state index contributed by atoms with van der Waals surface area (Å²) in [5.74, 6) is -4.46. The highest BCUT2D eigenvalue weighted by Crippen LogP contribution is 2.65. The van der Waals surface area contributed by atoms with E-state index in [1.54, 1.807) is 12.4 Å². The summed E-state index contributed by atoms with van der Waals surface area (Å²) in [7, 11) is 1.71. The van der Waals surface area contributed by atoms with E-state index in [1.165, 1.54) is 25.7 Å². The van der Waals surface area contributed by atoms with Crippen molar-refractivity contribution in [2.45, 2.75) is 98.1 Å². The number of hydrogen-bond acceptors (Lipinski definition) is 6. The van der Waals surface area contributed by atoms with Crippen molar-refractivity contribution in [1.82, 2.24) is 20.9 Å². The number of halogens is 3. The lowest BCUT2D eigenvalue weighted by atomic mass is 9.85. The van der Waals surface area contributed by atoms with Crippen molar-refractivity contribution in [3.05, 3.63) is 0 Å². The van der Waals surface area contributed by atoms with Crippen molar-refractivity contribution < 1.29 is 37.1 Å². The molecule has 3 unspecified atom stereocenters. The summed E-state index contributed by atoms with van der Waals surface area (Å²) in [6, 6.07) is -1.48. The number of methoxy groups -OCH3 is 1. The molecule has 3 fully saturated rings. The number of carbonyl (C=O) groups is 4. The average molecular weight is 588 g/mol. The van der Waals surface area contributed by atoms with E-state index in [0.717, 1.165) is 0 Å². The van der Waals surface area contributed by atoms with Crippen molar-refractivity contribution in [3.8, 4) is 6.07 Å². The van der Waals surface area contributed by atoms with Gasteiger partial charge in [-0.1, -0.05) is 34.6 Å². The molecule has 2 saturated heterocycles. The highest BCUT2D eigenvalue weighted by Gasteiger charge is 2.70. The van der Waals surface area contributed by atoms with Gasteiger partial charge in [-0.05, 0) is 56.3 Å². The second kappa shape index (κ2) is 12.2. The van der Waals surface area contributed by atoms with Crippen LogP contribution in [0.1, 0.15) is 68.2 Å². The Hall–Kier alpha value is -2.88. The number of likely N-dealkylation sites (tertiary alicyclic amines) is 1. The van der Waals surface area contributed by atoms with Crippen molar-refractivity contribution >= 4 is 23.6 Å². The highest BCUT2D eigenvalue weighted by atomic mass is 19.4. The molecule has 10 nitrogen and oxygen atoms in total. The molecule has 0 aromatic heterocycles. The molecule has 6 atom stereocenters. The Morgan fingerprint density at radius 2 is 1.71 bits per heavy atom. The first-order chi connectivity index (χ1) is 18.6. The third-order valence-corrected chi connectivity index (χ3v) is 8.17. The normalized spacial score (nSPS) is 26.4. The quantitative estimate of drug-likeness (QED) is 0.436. The van der Waals surface area contributed by atoms with Gasteiger partial charge in [0.15, 0.2) is 0 Å². The molecule has 3 rings (SSSR count). The van der Waals surface area contributed by atoms with Crippen molar-refractivity contribution in [2.24, 2.45) is 28.6 Å². The summed E-state index contributed by atoms with van der Waals surface area (Å²) in [6.07, 6.45) is -4.49. The summed E-state index contributed by atoms with van der Waals surface area (Å²) in [4.78, 5) is 51.6. The number of fused-ring (bicyclic) bond motifs is 1. The molecule has 3 aliphatic rings. The zero-order valence-electron chi connectivity index (χ0n) is 25.4. The van der Waals surface area contributed by atoms with E-state index in [9.17, 15) is 37.6 Å². The molecule has 0 radical (unpaired) electrons. The van der Waals surface area contributed by atoms with Crippen LogP contribution in [-0.2, 0) is 23.9 Å². The minimum atomic E-state index is -5.16. The first-order valence-corrected chi connectivity index (χ1v) is 13.8. The van der Waals surface area contributed by atoms with Crippen molar-refractivity contribution in [3.63, 3.8) is 0 Å². The lowest BCUT2D eigenvalue weighted by Gasteiger charge is -2.37. The molecule has 1 aliphatic carbocycles. The molecule has 2 heterocycles. The van der Waals surface area contributed by atoms with Crippen molar-refractivity contribution in [1.29, 1.82) is 5.26 Å². The summed E-state index contributed by atoms with van der Waals surface area (Å²) in [6.45, 7) is 15.2. The van der Waals surface area contributed by atoms with E-state index >= 15 is 0 Å². The van der Waals surface area contributed by atoms with Crippen LogP contribution in [0.3, 0.4) is 0 Å². The Morgan fingerprint density at radius 3 is 2.12 bits per heavy atom. The molecule has 41 heavy (non-hydrogen) atoms. The SMILES string of the molecule is CC1(C)C2CN(C(=O)[C@@H](NC(=O)C(F)(F)F)C(C)(C)C)[C@H](C(=O)NC(C#N)C[C@@H]3CCNC3=O)C21.COC(C)(C)C. The molecule has 2 aliphatic heterocycles. The maximum absolute atomic E-state index is 13.5. The van der Waals surface area contributed by atoms with Gasteiger partial charge in [-0.3, -0.25) is 19.2 Å². The first kappa shape index (κ1) is 34.3. The molecule has 0 bridgehead atoms. The van der Waals surface area contributed by atoms with Gasteiger partial charge in [-0.25, -0.2) is 0 Å². The zero-order valence-corrected chi connectivity index (χ0v) is 25.4. The van der Waals surface area contributed by atoms with Crippen LogP contribution < -0.4 is 16.0 Å². The van der Waals surface area contributed by atoms with Crippen LogP contribution in [-0.4, -0.2) is 78.6 Å². The summed E-state index contributed by atoms with van der Waals surface area (Å²) >= 11 is 0. The molecule has 232 valence electrons. The Morgan fingerprint density at radius 1 is 1.15 bits per heavy atom. The number of rotatable bonds is 6. The fourth-order valence-corrected chi connectivity index (χ4v) is 5.40. The van der Waals surface area contributed by atoms with E-state index in [2.05, 4.69) is 10.6 Å². The summed E-state index contributed by atoms with van der Waals surface area (Å²) in [5, 5.41) is 16.7. The van der Waals surface area contributed by atoms with Gasteiger partial charge in [0.2, 0.25) is 17.7 Å². The molecule has 0 aromatic carbocycles. The van der Waals surface area contributed by atoms with Gasteiger partial charge in [0, 0.05) is 26.1 Å². The molecular weight excluding hydrogens is 543 g/mol. The second-order valence-electron chi connectivity index (χ2n) is 13.7. The van der Waals surface area contributed by atoms with Crippen LogP contribution in [0.2, 0.25) is 0 Å². The number of piperidine rings is 1. The number of nitrogens with one attached hydrogen (secondary N) is 3. The molecule has 1 saturated carbocycles. The number of carbonyl (C=O) groups excluding carboxylic acids is 4. The van der Waals surface area contributed by atoms with Crippen LogP contribution in [0.15, 0.2) is 0 Å². The Kier molecular flexibility index (Phi) is 10.2. The minimum absolute atomic E-state index is 0.0396. The third-order valence-electron chi connectivity index (χ3n) is 8.17. The maximum Gasteiger partial charge on any atom is 0.471 e.